The maximum atomic E-state index is 11.4. The second kappa shape index (κ2) is 5.82. The van der Waals surface area contributed by atoms with Crippen molar-refractivity contribution in [1.29, 1.82) is 0 Å². The molecule has 1 saturated heterocycles. The molecule has 0 aromatic carbocycles. The quantitative estimate of drug-likeness (QED) is 0.646. The van der Waals surface area contributed by atoms with Crippen molar-refractivity contribution in [1.82, 2.24) is 4.90 Å². The molecule has 2 N–H and O–H groups in total. The van der Waals surface area contributed by atoms with Gasteiger partial charge in [0, 0.05) is 39.8 Å². The van der Waals surface area contributed by atoms with Crippen LogP contribution >= 0.6 is 0 Å². The molecule has 5 nitrogen and oxygen atoms in total. The van der Waals surface area contributed by atoms with Gasteiger partial charge in [0.2, 0.25) is 0 Å². The molecule has 0 saturated carbocycles. The standard InChI is InChI=1S/C9H18N2O3/c1-13-6-2-4-11-5-3-8(7-10)14-9(11)12/h8H,2-7,10H2,1H3. The van der Waals surface area contributed by atoms with E-state index >= 15 is 0 Å². The van der Waals surface area contributed by atoms with Crippen molar-refractivity contribution < 1.29 is 14.3 Å². The number of hydrogen-bond acceptors (Lipinski definition) is 4. The van der Waals surface area contributed by atoms with Crippen molar-refractivity contribution >= 4 is 6.09 Å². The summed E-state index contributed by atoms with van der Waals surface area (Å²) in [6.07, 6.45) is 1.33. The van der Waals surface area contributed by atoms with Crippen molar-refractivity contribution in [2.75, 3.05) is 33.4 Å². The predicted molar refractivity (Wildman–Crippen MR) is 52.0 cm³/mol. The minimum Gasteiger partial charge on any atom is -0.445 e. The van der Waals surface area contributed by atoms with Crippen LogP contribution in [-0.4, -0.2) is 50.4 Å². The second-order valence-corrected chi connectivity index (χ2v) is 3.36. The average molecular weight is 202 g/mol. The molecule has 0 aromatic heterocycles. The Balaban J connectivity index is 2.24. The van der Waals surface area contributed by atoms with Crippen LogP contribution in [0.15, 0.2) is 0 Å². The zero-order valence-electron chi connectivity index (χ0n) is 8.57. The summed E-state index contributed by atoms with van der Waals surface area (Å²) < 4.78 is 10.0. The molecule has 1 aliphatic heterocycles. The van der Waals surface area contributed by atoms with E-state index in [1.807, 2.05) is 0 Å². The third-order valence-corrected chi connectivity index (χ3v) is 2.29. The molecular formula is C9H18N2O3. The lowest BCUT2D eigenvalue weighted by atomic mass is 10.2. The maximum Gasteiger partial charge on any atom is 0.410 e. The van der Waals surface area contributed by atoms with Crippen LogP contribution in [0.25, 0.3) is 0 Å². The van der Waals surface area contributed by atoms with Crippen LogP contribution in [-0.2, 0) is 9.47 Å². The van der Waals surface area contributed by atoms with Gasteiger partial charge in [0.15, 0.2) is 0 Å². The third kappa shape index (κ3) is 3.16. The van der Waals surface area contributed by atoms with Gasteiger partial charge in [0.1, 0.15) is 6.10 Å². The molecule has 0 spiro atoms. The number of cyclic esters (lactones) is 1. The van der Waals surface area contributed by atoms with Gasteiger partial charge in [-0.25, -0.2) is 4.79 Å². The highest BCUT2D eigenvalue weighted by molar-refractivity contribution is 5.68. The SMILES string of the molecule is COCCCN1CCC(CN)OC1=O. The number of carbonyl (C=O) groups excluding carboxylic acids is 1. The van der Waals surface area contributed by atoms with E-state index in [4.69, 9.17) is 15.2 Å². The molecular weight excluding hydrogens is 184 g/mol. The van der Waals surface area contributed by atoms with Crippen LogP contribution in [0.3, 0.4) is 0 Å². The van der Waals surface area contributed by atoms with E-state index in [0.29, 0.717) is 19.7 Å². The van der Waals surface area contributed by atoms with Gasteiger partial charge in [-0.05, 0) is 6.42 Å². The number of carbonyl (C=O) groups is 1. The third-order valence-electron chi connectivity index (χ3n) is 2.29. The summed E-state index contributed by atoms with van der Waals surface area (Å²) in [7, 11) is 1.65. The number of amides is 1. The summed E-state index contributed by atoms with van der Waals surface area (Å²) in [6.45, 7) is 2.52. The molecule has 82 valence electrons. The molecule has 0 aliphatic carbocycles. The van der Waals surface area contributed by atoms with Gasteiger partial charge in [-0.15, -0.1) is 0 Å². The first-order valence-corrected chi connectivity index (χ1v) is 4.92. The van der Waals surface area contributed by atoms with Crippen molar-refractivity contribution in [2.24, 2.45) is 5.73 Å². The normalized spacial score (nSPS) is 22.3. The van der Waals surface area contributed by atoms with Gasteiger partial charge in [0.25, 0.3) is 0 Å². The van der Waals surface area contributed by atoms with E-state index in [9.17, 15) is 4.79 Å². The van der Waals surface area contributed by atoms with E-state index in [2.05, 4.69) is 0 Å². The molecule has 0 aromatic rings. The van der Waals surface area contributed by atoms with E-state index in [-0.39, 0.29) is 12.2 Å². The highest BCUT2D eigenvalue weighted by Gasteiger charge is 2.25. The smallest absolute Gasteiger partial charge is 0.410 e. The minimum atomic E-state index is -0.247. The van der Waals surface area contributed by atoms with E-state index < -0.39 is 0 Å². The topological polar surface area (TPSA) is 64.8 Å². The van der Waals surface area contributed by atoms with Gasteiger partial charge in [-0.1, -0.05) is 0 Å². The zero-order chi connectivity index (χ0) is 10.4. The lowest BCUT2D eigenvalue weighted by Gasteiger charge is -2.31. The Morgan fingerprint density at radius 3 is 3.07 bits per heavy atom. The molecule has 1 unspecified atom stereocenters. The fourth-order valence-corrected chi connectivity index (χ4v) is 1.44. The van der Waals surface area contributed by atoms with E-state index in [0.717, 1.165) is 19.4 Å². The molecule has 1 amide bonds. The fourth-order valence-electron chi connectivity index (χ4n) is 1.44. The zero-order valence-corrected chi connectivity index (χ0v) is 8.57. The highest BCUT2D eigenvalue weighted by Crippen LogP contribution is 2.11. The number of nitrogens with zero attached hydrogens (tertiary/aromatic N) is 1. The van der Waals surface area contributed by atoms with Crippen LogP contribution in [0, 0.1) is 0 Å². The fraction of sp³-hybridized carbons (Fsp3) is 0.889. The molecule has 5 heteroatoms. The Morgan fingerprint density at radius 2 is 2.50 bits per heavy atom. The van der Waals surface area contributed by atoms with Crippen LogP contribution < -0.4 is 5.73 Å². The molecule has 1 aliphatic rings. The van der Waals surface area contributed by atoms with Crippen molar-refractivity contribution in [3.63, 3.8) is 0 Å². The van der Waals surface area contributed by atoms with Crippen LogP contribution in [0.5, 0.6) is 0 Å². The Labute approximate surface area is 84.1 Å². The van der Waals surface area contributed by atoms with Crippen LogP contribution in [0.4, 0.5) is 4.79 Å². The molecule has 0 radical (unpaired) electrons. The molecule has 1 fully saturated rings. The van der Waals surface area contributed by atoms with Crippen LogP contribution in [0.1, 0.15) is 12.8 Å². The van der Waals surface area contributed by atoms with Gasteiger partial charge < -0.3 is 20.1 Å². The van der Waals surface area contributed by atoms with Crippen molar-refractivity contribution in [3.05, 3.63) is 0 Å². The van der Waals surface area contributed by atoms with Gasteiger partial charge >= 0.3 is 6.09 Å². The Hall–Kier alpha value is -0.810. The summed E-state index contributed by atoms with van der Waals surface area (Å²) in [5.41, 5.74) is 5.42. The Bertz CT molecular complexity index is 185. The number of rotatable bonds is 5. The summed E-state index contributed by atoms with van der Waals surface area (Å²) in [4.78, 5) is 13.1. The average Bonchev–Trinajstić information content (AvgIpc) is 2.20. The largest absolute Gasteiger partial charge is 0.445 e. The lowest BCUT2D eigenvalue weighted by molar-refractivity contribution is 0.0267. The van der Waals surface area contributed by atoms with Gasteiger partial charge in [-0.3, -0.25) is 0 Å². The number of ether oxygens (including phenoxy) is 2. The molecule has 14 heavy (non-hydrogen) atoms. The van der Waals surface area contributed by atoms with Gasteiger partial charge in [-0.2, -0.15) is 0 Å². The minimum absolute atomic E-state index is 0.0961. The molecule has 1 atom stereocenters. The first kappa shape index (κ1) is 11.3. The first-order chi connectivity index (χ1) is 6.77. The maximum absolute atomic E-state index is 11.4. The summed E-state index contributed by atoms with van der Waals surface area (Å²) in [5, 5.41) is 0. The van der Waals surface area contributed by atoms with Crippen molar-refractivity contribution in [3.8, 4) is 0 Å². The number of hydrogen-bond donors (Lipinski definition) is 1. The Kier molecular flexibility index (Phi) is 4.69. The van der Waals surface area contributed by atoms with Crippen LogP contribution in [0.2, 0.25) is 0 Å². The summed E-state index contributed by atoms with van der Waals surface area (Å²) in [6, 6.07) is 0. The molecule has 1 heterocycles. The van der Waals surface area contributed by atoms with Crippen molar-refractivity contribution in [2.45, 2.75) is 18.9 Å². The number of nitrogens with two attached hydrogens (primary N) is 1. The van der Waals surface area contributed by atoms with E-state index in [1.165, 1.54) is 0 Å². The summed E-state index contributed by atoms with van der Waals surface area (Å²) in [5.74, 6) is 0. The highest BCUT2D eigenvalue weighted by atomic mass is 16.6. The lowest BCUT2D eigenvalue weighted by Crippen LogP contribution is -2.44. The van der Waals surface area contributed by atoms with E-state index in [1.54, 1.807) is 12.0 Å². The Morgan fingerprint density at radius 1 is 1.71 bits per heavy atom. The monoisotopic (exact) mass is 202 g/mol. The first-order valence-electron chi connectivity index (χ1n) is 4.92. The summed E-state index contributed by atoms with van der Waals surface area (Å²) >= 11 is 0. The molecule has 1 rings (SSSR count). The second-order valence-electron chi connectivity index (χ2n) is 3.36. The van der Waals surface area contributed by atoms with Gasteiger partial charge in [0.05, 0.1) is 0 Å². The molecule has 0 bridgehead atoms. The number of methoxy groups -OCH3 is 1. The predicted octanol–water partition coefficient (Wildman–Crippen LogP) is 0.193.